The molecule has 128 valence electrons. The first-order valence-electron chi connectivity index (χ1n) is 9.72. The number of aliphatic hydroxyl groups is 2. The zero-order valence-corrected chi connectivity index (χ0v) is 14.7. The molecule has 0 heterocycles. The molecule has 0 aliphatic heterocycles. The Bertz CT molecular complexity index is 536. The van der Waals surface area contributed by atoms with Crippen LogP contribution in [-0.4, -0.2) is 21.9 Å². The molecule has 0 saturated heterocycles. The number of terminal acetylenes is 1. The van der Waals surface area contributed by atoms with Crippen LogP contribution >= 0.6 is 0 Å². The lowest BCUT2D eigenvalue weighted by atomic mass is 9.44. The van der Waals surface area contributed by atoms with Crippen molar-refractivity contribution in [1.29, 1.82) is 0 Å². The van der Waals surface area contributed by atoms with Gasteiger partial charge in [0.25, 0.3) is 0 Å². The standard InChI is InChI=1S/C21H32O2/c1-4-21(23)12-9-18-16-6-5-14-13-15(22)7-10-19(14,2)17(16)8-11-20(18,21)3/h1,14-18,22-23H,5-13H2,2-3H3/t14-,15-,16-,17-,18+,19-,20-,21-/m0/s1. The average Bonchev–Trinajstić information content (AvgIpc) is 2.80. The van der Waals surface area contributed by atoms with E-state index in [1.54, 1.807) is 0 Å². The van der Waals surface area contributed by atoms with Crippen LogP contribution in [0.1, 0.15) is 71.6 Å². The molecule has 23 heavy (non-hydrogen) atoms. The van der Waals surface area contributed by atoms with Crippen LogP contribution in [0, 0.1) is 46.8 Å². The van der Waals surface area contributed by atoms with Gasteiger partial charge in [0.15, 0.2) is 0 Å². The van der Waals surface area contributed by atoms with Crippen molar-refractivity contribution in [3.63, 3.8) is 0 Å². The molecular weight excluding hydrogens is 284 g/mol. The van der Waals surface area contributed by atoms with E-state index in [-0.39, 0.29) is 11.5 Å². The molecule has 0 unspecified atom stereocenters. The third-order valence-corrected chi connectivity index (χ3v) is 9.03. The minimum Gasteiger partial charge on any atom is -0.393 e. The number of rotatable bonds is 0. The normalized spacial score (nSPS) is 58.7. The predicted octanol–water partition coefficient (Wildman–Crippen LogP) is 3.75. The molecule has 4 aliphatic rings. The van der Waals surface area contributed by atoms with Crippen molar-refractivity contribution in [3.8, 4) is 12.3 Å². The summed E-state index contributed by atoms with van der Waals surface area (Å²) in [5.74, 6) is 5.56. The van der Waals surface area contributed by atoms with Crippen LogP contribution in [0.25, 0.3) is 0 Å². The largest absolute Gasteiger partial charge is 0.393 e. The number of aliphatic hydroxyl groups excluding tert-OH is 1. The van der Waals surface area contributed by atoms with Crippen LogP contribution in [0.2, 0.25) is 0 Å². The number of fused-ring (bicyclic) bond motifs is 5. The van der Waals surface area contributed by atoms with Crippen LogP contribution in [0.3, 0.4) is 0 Å². The highest BCUT2D eigenvalue weighted by Gasteiger charge is 2.64. The quantitative estimate of drug-likeness (QED) is 0.668. The maximum Gasteiger partial charge on any atom is 0.130 e. The summed E-state index contributed by atoms with van der Waals surface area (Å²) >= 11 is 0. The molecule has 4 fully saturated rings. The summed E-state index contributed by atoms with van der Waals surface area (Å²) in [6, 6.07) is 0. The van der Waals surface area contributed by atoms with Crippen LogP contribution < -0.4 is 0 Å². The summed E-state index contributed by atoms with van der Waals surface area (Å²) in [7, 11) is 0. The van der Waals surface area contributed by atoms with Gasteiger partial charge < -0.3 is 10.2 Å². The molecule has 0 amide bonds. The fourth-order valence-corrected chi connectivity index (χ4v) is 7.49. The second-order valence-corrected chi connectivity index (χ2v) is 9.58. The molecule has 4 saturated carbocycles. The summed E-state index contributed by atoms with van der Waals surface area (Å²) in [6.45, 7) is 4.77. The smallest absolute Gasteiger partial charge is 0.130 e. The molecule has 0 aromatic rings. The third kappa shape index (κ3) is 1.96. The molecular formula is C21H32O2. The van der Waals surface area contributed by atoms with Crippen molar-refractivity contribution < 1.29 is 10.2 Å². The van der Waals surface area contributed by atoms with Gasteiger partial charge in [0.05, 0.1) is 6.10 Å². The first kappa shape index (κ1) is 16.0. The van der Waals surface area contributed by atoms with Gasteiger partial charge in [-0.25, -0.2) is 0 Å². The predicted molar refractivity (Wildman–Crippen MR) is 91.5 cm³/mol. The molecule has 4 aliphatic carbocycles. The Morgan fingerprint density at radius 1 is 0.957 bits per heavy atom. The maximum atomic E-state index is 11.0. The lowest BCUT2D eigenvalue weighted by molar-refractivity contribution is -0.144. The van der Waals surface area contributed by atoms with Gasteiger partial charge in [0.2, 0.25) is 0 Å². The van der Waals surface area contributed by atoms with E-state index in [9.17, 15) is 10.2 Å². The van der Waals surface area contributed by atoms with E-state index in [0.29, 0.717) is 17.3 Å². The number of hydrogen-bond acceptors (Lipinski definition) is 2. The molecule has 4 rings (SSSR count). The summed E-state index contributed by atoms with van der Waals surface area (Å²) in [5.41, 5.74) is -0.566. The highest BCUT2D eigenvalue weighted by molar-refractivity contribution is 5.23. The first-order chi connectivity index (χ1) is 10.8. The Morgan fingerprint density at radius 3 is 2.43 bits per heavy atom. The molecule has 2 N–H and O–H groups in total. The fourth-order valence-electron chi connectivity index (χ4n) is 7.49. The van der Waals surface area contributed by atoms with Crippen molar-refractivity contribution in [1.82, 2.24) is 0 Å². The van der Waals surface area contributed by atoms with E-state index < -0.39 is 5.60 Å². The Kier molecular flexibility index (Phi) is 3.47. The van der Waals surface area contributed by atoms with Gasteiger partial charge in [0.1, 0.15) is 5.60 Å². The van der Waals surface area contributed by atoms with Crippen molar-refractivity contribution in [2.75, 3.05) is 0 Å². The molecule has 2 nitrogen and oxygen atoms in total. The van der Waals surface area contributed by atoms with E-state index in [2.05, 4.69) is 19.8 Å². The molecule has 0 spiro atoms. The summed E-state index contributed by atoms with van der Waals surface area (Å²) in [4.78, 5) is 0. The topological polar surface area (TPSA) is 40.5 Å². The van der Waals surface area contributed by atoms with Crippen LogP contribution in [0.15, 0.2) is 0 Å². The second kappa shape index (κ2) is 4.99. The van der Waals surface area contributed by atoms with Gasteiger partial charge in [-0.3, -0.25) is 0 Å². The van der Waals surface area contributed by atoms with Gasteiger partial charge in [0, 0.05) is 5.41 Å². The zero-order chi connectivity index (χ0) is 16.5. The van der Waals surface area contributed by atoms with Gasteiger partial charge in [-0.05, 0) is 86.9 Å². The molecule has 0 radical (unpaired) electrons. The van der Waals surface area contributed by atoms with Crippen molar-refractivity contribution in [3.05, 3.63) is 0 Å². The maximum absolute atomic E-state index is 11.0. The van der Waals surface area contributed by atoms with Crippen LogP contribution in [-0.2, 0) is 0 Å². The van der Waals surface area contributed by atoms with E-state index in [0.717, 1.165) is 43.9 Å². The van der Waals surface area contributed by atoms with Crippen molar-refractivity contribution in [2.45, 2.75) is 83.3 Å². The number of hydrogen-bond donors (Lipinski definition) is 2. The van der Waals surface area contributed by atoms with E-state index in [4.69, 9.17) is 6.42 Å². The van der Waals surface area contributed by atoms with Crippen LogP contribution in [0.5, 0.6) is 0 Å². The lowest BCUT2D eigenvalue weighted by Crippen LogP contribution is -2.56. The van der Waals surface area contributed by atoms with Gasteiger partial charge in [-0.2, -0.15) is 0 Å². The molecule has 8 atom stereocenters. The Balaban J connectivity index is 1.65. The molecule has 0 aromatic carbocycles. The third-order valence-electron chi connectivity index (χ3n) is 9.03. The minimum absolute atomic E-state index is 0.0727. The minimum atomic E-state index is -0.886. The van der Waals surface area contributed by atoms with Gasteiger partial charge >= 0.3 is 0 Å². The Morgan fingerprint density at radius 2 is 1.70 bits per heavy atom. The van der Waals surface area contributed by atoms with Crippen molar-refractivity contribution in [2.24, 2.45) is 34.5 Å². The Labute approximate surface area is 141 Å². The first-order valence-corrected chi connectivity index (χ1v) is 9.72. The van der Waals surface area contributed by atoms with Crippen molar-refractivity contribution >= 4 is 0 Å². The highest BCUT2D eigenvalue weighted by Crippen LogP contribution is 2.68. The zero-order valence-electron chi connectivity index (χ0n) is 14.7. The Hall–Kier alpha value is -0.520. The van der Waals surface area contributed by atoms with E-state index in [1.165, 1.54) is 25.7 Å². The lowest BCUT2D eigenvalue weighted by Gasteiger charge is -2.61. The summed E-state index contributed by atoms with van der Waals surface area (Å²) in [5, 5.41) is 21.1. The second-order valence-electron chi connectivity index (χ2n) is 9.58. The average molecular weight is 316 g/mol. The van der Waals surface area contributed by atoms with Gasteiger partial charge in [-0.1, -0.05) is 19.8 Å². The van der Waals surface area contributed by atoms with E-state index >= 15 is 0 Å². The summed E-state index contributed by atoms with van der Waals surface area (Å²) < 4.78 is 0. The highest BCUT2D eigenvalue weighted by atomic mass is 16.3. The van der Waals surface area contributed by atoms with Gasteiger partial charge in [-0.15, -0.1) is 6.42 Å². The fraction of sp³-hybridized carbons (Fsp3) is 0.905. The molecule has 0 aromatic heterocycles. The van der Waals surface area contributed by atoms with Crippen LogP contribution in [0.4, 0.5) is 0 Å². The van der Waals surface area contributed by atoms with E-state index in [1.807, 2.05) is 0 Å². The molecule has 0 bridgehead atoms. The monoisotopic (exact) mass is 316 g/mol. The molecule has 2 heteroatoms. The SMILES string of the molecule is C#C[C@]1(O)CC[C@@H]2[C@H]3CC[C@H]4C[C@@H](O)CC[C@]4(C)[C@H]3CC[C@@]21C. The summed E-state index contributed by atoms with van der Waals surface area (Å²) in [6.07, 6.45) is 15.6.